The molecule has 1 unspecified atom stereocenters. The second-order valence-corrected chi connectivity index (χ2v) is 7.58. The molecule has 0 saturated heterocycles. The van der Waals surface area contributed by atoms with E-state index in [1.807, 2.05) is 19.1 Å². The van der Waals surface area contributed by atoms with Crippen LogP contribution in [0.15, 0.2) is 34.7 Å². The van der Waals surface area contributed by atoms with Crippen molar-refractivity contribution in [2.24, 2.45) is 0 Å². The number of methoxy groups -OCH3 is 1. The summed E-state index contributed by atoms with van der Waals surface area (Å²) in [7, 11) is 1.55. The summed E-state index contributed by atoms with van der Waals surface area (Å²) in [6.07, 6.45) is 0. The van der Waals surface area contributed by atoms with Gasteiger partial charge in [-0.25, -0.2) is 9.97 Å². The predicted molar refractivity (Wildman–Crippen MR) is 115 cm³/mol. The van der Waals surface area contributed by atoms with Crippen molar-refractivity contribution in [1.82, 2.24) is 20.3 Å². The van der Waals surface area contributed by atoms with Crippen LogP contribution in [0.25, 0.3) is 21.9 Å². The lowest BCUT2D eigenvalue weighted by atomic mass is 10.1. The van der Waals surface area contributed by atoms with Gasteiger partial charge in [0, 0.05) is 37.2 Å². The Hall–Kier alpha value is -3.43. The lowest BCUT2D eigenvalue weighted by Crippen LogP contribution is -2.34. The van der Waals surface area contributed by atoms with E-state index in [9.17, 15) is 4.79 Å². The molecule has 0 aliphatic carbocycles. The topological polar surface area (TPSA) is 111 Å². The Morgan fingerprint density at radius 1 is 1.19 bits per heavy atom. The van der Waals surface area contributed by atoms with Crippen molar-refractivity contribution >= 4 is 45.1 Å². The monoisotopic (exact) mass is 439 g/mol. The van der Waals surface area contributed by atoms with Crippen LogP contribution < -0.4 is 15.4 Å². The van der Waals surface area contributed by atoms with Gasteiger partial charge in [-0.3, -0.25) is 4.79 Å². The van der Waals surface area contributed by atoms with Gasteiger partial charge >= 0.3 is 0 Å². The number of furan rings is 1. The van der Waals surface area contributed by atoms with E-state index < -0.39 is 0 Å². The molecule has 0 bridgehead atoms. The van der Waals surface area contributed by atoms with Crippen LogP contribution in [0.4, 0.5) is 5.69 Å². The van der Waals surface area contributed by atoms with Gasteiger partial charge in [0.1, 0.15) is 17.3 Å². The first-order valence-electron chi connectivity index (χ1n) is 9.63. The molecule has 5 rings (SSSR count). The maximum atomic E-state index is 12.5. The van der Waals surface area contributed by atoms with E-state index in [2.05, 4.69) is 25.6 Å². The fraction of sp³-hybridized carbons (Fsp3) is 0.238. The summed E-state index contributed by atoms with van der Waals surface area (Å²) in [5.74, 6) is 1.06. The van der Waals surface area contributed by atoms with E-state index in [0.29, 0.717) is 35.0 Å². The number of hydrogen-bond donors (Lipinski definition) is 2. The van der Waals surface area contributed by atoms with E-state index in [0.717, 1.165) is 10.8 Å². The minimum atomic E-state index is -0.239. The Morgan fingerprint density at radius 3 is 2.90 bits per heavy atom. The van der Waals surface area contributed by atoms with Gasteiger partial charge < -0.3 is 24.5 Å². The van der Waals surface area contributed by atoms with Crippen molar-refractivity contribution in [2.45, 2.75) is 19.6 Å². The molecule has 1 aliphatic heterocycles. The van der Waals surface area contributed by atoms with Crippen LogP contribution in [0.3, 0.4) is 0 Å². The zero-order chi connectivity index (χ0) is 21.5. The second-order valence-electron chi connectivity index (χ2n) is 7.20. The SMILES string of the molecule is COCc1nc(Cl)cc(Oc2ccc3c(ccc4oc5c(c43)NCC(C)NC5=O)n2)n1. The van der Waals surface area contributed by atoms with Crippen molar-refractivity contribution in [3.8, 4) is 11.8 Å². The number of benzene rings is 1. The highest BCUT2D eigenvalue weighted by Crippen LogP contribution is 2.37. The summed E-state index contributed by atoms with van der Waals surface area (Å²) in [6.45, 7) is 2.74. The molecule has 3 aromatic heterocycles. The van der Waals surface area contributed by atoms with E-state index in [-0.39, 0.29) is 35.3 Å². The molecular weight excluding hydrogens is 422 g/mol. The van der Waals surface area contributed by atoms with Gasteiger partial charge in [-0.15, -0.1) is 0 Å². The zero-order valence-corrected chi connectivity index (χ0v) is 17.5. The Balaban J connectivity index is 1.55. The molecule has 10 heteroatoms. The first-order chi connectivity index (χ1) is 15.0. The highest BCUT2D eigenvalue weighted by atomic mass is 35.5. The minimum Gasteiger partial charge on any atom is -0.449 e. The third-order valence-electron chi connectivity index (χ3n) is 4.87. The fourth-order valence-corrected chi connectivity index (χ4v) is 3.75. The first-order valence-corrected chi connectivity index (χ1v) is 10.0. The highest BCUT2D eigenvalue weighted by molar-refractivity contribution is 6.29. The van der Waals surface area contributed by atoms with E-state index in [4.69, 9.17) is 25.5 Å². The number of pyridine rings is 1. The van der Waals surface area contributed by atoms with E-state index in [1.54, 1.807) is 19.2 Å². The predicted octanol–water partition coefficient (Wildman–Crippen LogP) is 3.91. The molecule has 1 aromatic carbocycles. The van der Waals surface area contributed by atoms with Crippen LogP contribution in [0.2, 0.25) is 5.15 Å². The quantitative estimate of drug-likeness (QED) is 0.460. The van der Waals surface area contributed by atoms with Crippen LogP contribution in [0, 0.1) is 0 Å². The Morgan fingerprint density at radius 2 is 2.06 bits per heavy atom. The molecular formula is C21H18ClN5O4. The standard InChI is InChI=1S/C21H18ClN5O4/c1-10-8-23-19-18-11-3-6-16(31-17-7-14(22)26-15(27-17)9-29-2)25-12(11)4-5-13(18)30-20(19)21(28)24-10/h3-7,10,23H,8-9H2,1-2H3,(H,24,28). The molecule has 1 aliphatic rings. The molecule has 4 aromatic rings. The molecule has 0 spiro atoms. The number of carbonyl (C=O) groups is 1. The largest absolute Gasteiger partial charge is 0.449 e. The molecule has 9 nitrogen and oxygen atoms in total. The zero-order valence-electron chi connectivity index (χ0n) is 16.7. The molecule has 1 atom stereocenters. The lowest BCUT2D eigenvalue weighted by molar-refractivity contribution is 0.0920. The number of halogens is 1. The number of hydrogen-bond acceptors (Lipinski definition) is 8. The van der Waals surface area contributed by atoms with Crippen LogP contribution >= 0.6 is 11.6 Å². The normalized spacial score (nSPS) is 16.0. The molecule has 0 radical (unpaired) electrons. The third kappa shape index (κ3) is 3.62. The molecule has 1 amide bonds. The maximum Gasteiger partial charge on any atom is 0.289 e. The Labute approximate surface area is 181 Å². The summed E-state index contributed by atoms with van der Waals surface area (Å²) < 4.78 is 16.7. The number of aromatic nitrogens is 3. The van der Waals surface area contributed by atoms with Crippen molar-refractivity contribution in [3.05, 3.63) is 47.1 Å². The highest BCUT2D eigenvalue weighted by Gasteiger charge is 2.26. The van der Waals surface area contributed by atoms with Gasteiger partial charge in [-0.2, -0.15) is 4.98 Å². The second kappa shape index (κ2) is 7.68. The van der Waals surface area contributed by atoms with Crippen molar-refractivity contribution in [3.63, 3.8) is 0 Å². The van der Waals surface area contributed by atoms with Crippen LogP contribution in [-0.4, -0.2) is 40.6 Å². The molecule has 31 heavy (non-hydrogen) atoms. The fourth-order valence-electron chi connectivity index (χ4n) is 3.56. The average Bonchev–Trinajstić information content (AvgIpc) is 3.04. The number of nitrogens with one attached hydrogen (secondary N) is 2. The Kier molecular flexibility index (Phi) is 4.84. The summed E-state index contributed by atoms with van der Waals surface area (Å²) >= 11 is 6.05. The number of fused-ring (bicyclic) bond motifs is 5. The van der Waals surface area contributed by atoms with E-state index >= 15 is 0 Å². The van der Waals surface area contributed by atoms with Gasteiger partial charge in [0.2, 0.25) is 17.5 Å². The summed E-state index contributed by atoms with van der Waals surface area (Å²) in [6, 6.07) is 8.71. The summed E-state index contributed by atoms with van der Waals surface area (Å²) in [5, 5.41) is 8.11. The number of ether oxygens (including phenoxy) is 2. The molecule has 158 valence electrons. The first kappa shape index (κ1) is 19.5. The van der Waals surface area contributed by atoms with Crippen LogP contribution in [-0.2, 0) is 11.3 Å². The third-order valence-corrected chi connectivity index (χ3v) is 5.06. The number of amides is 1. The maximum absolute atomic E-state index is 12.5. The molecule has 0 saturated carbocycles. The van der Waals surface area contributed by atoms with Crippen LogP contribution in [0.1, 0.15) is 23.3 Å². The van der Waals surface area contributed by atoms with Crippen molar-refractivity contribution in [2.75, 3.05) is 19.0 Å². The molecule has 0 fully saturated rings. The number of anilines is 1. The van der Waals surface area contributed by atoms with Gasteiger partial charge in [-0.1, -0.05) is 11.6 Å². The molecule has 2 N–H and O–H groups in total. The Bertz CT molecular complexity index is 1320. The van der Waals surface area contributed by atoms with Gasteiger partial charge in [0.05, 0.1) is 16.6 Å². The molecule has 4 heterocycles. The number of carbonyl (C=O) groups excluding carboxylic acids is 1. The van der Waals surface area contributed by atoms with Gasteiger partial charge in [0.15, 0.2) is 5.82 Å². The van der Waals surface area contributed by atoms with Crippen LogP contribution in [0.5, 0.6) is 11.8 Å². The lowest BCUT2D eigenvalue weighted by Gasteiger charge is -2.10. The number of rotatable bonds is 4. The average molecular weight is 440 g/mol. The number of nitrogens with zero attached hydrogens (tertiary/aromatic N) is 3. The smallest absolute Gasteiger partial charge is 0.289 e. The van der Waals surface area contributed by atoms with Gasteiger partial charge in [-0.05, 0) is 25.1 Å². The minimum absolute atomic E-state index is 0.0130. The van der Waals surface area contributed by atoms with Crippen molar-refractivity contribution in [1.29, 1.82) is 0 Å². The van der Waals surface area contributed by atoms with E-state index in [1.165, 1.54) is 6.07 Å². The van der Waals surface area contributed by atoms with Gasteiger partial charge in [0.25, 0.3) is 5.91 Å². The van der Waals surface area contributed by atoms with Crippen molar-refractivity contribution < 1.29 is 18.7 Å². The summed E-state index contributed by atoms with van der Waals surface area (Å²) in [5.41, 5.74) is 1.96. The summed E-state index contributed by atoms with van der Waals surface area (Å²) in [4.78, 5) is 25.4.